The molecule has 1 aromatic carbocycles. The number of hydrogen-bond acceptors (Lipinski definition) is 9. The quantitative estimate of drug-likeness (QED) is 0.404. The summed E-state index contributed by atoms with van der Waals surface area (Å²) in [5, 5.41) is 10.7. The van der Waals surface area contributed by atoms with Crippen molar-refractivity contribution in [3.63, 3.8) is 0 Å². The van der Waals surface area contributed by atoms with Crippen LogP contribution < -0.4 is 9.80 Å². The van der Waals surface area contributed by atoms with E-state index in [1.165, 1.54) is 25.7 Å². The maximum atomic E-state index is 11.0. The highest BCUT2D eigenvalue weighted by molar-refractivity contribution is 7.18. The van der Waals surface area contributed by atoms with Gasteiger partial charge in [0.05, 0.1) is 12.2 Å². The Bertz CT molecular complexity index is 1160. The second kappa shape index (κ2) is 11.2. The third-order valence-corrected chi connectivity index (χ3v) is 8.97. The first-order valence-electron chi connectivity index (χ1n) is 13.6. The minimum absolute atomic E-state index is 0.183. The van der Waals surface area contributed by atoms with E-state index >= 15 is 0 Å². The van der Waals surface area contributed by atoms with Crippen molar-refractivity contribution in [1.29, 1.82) is 0 Å². The minimum Gasteiger partial charge on any atom is -0.375 e. The van der Waals surface area contributed by atoms with Crippen LogP contribution >= 0.6 is 11.3 Å². The van der Waals surface area contributed by atoms with E-state index in [0.717, 1.165) is 90.9 Å². The molecule has 0 radical (unpaired) electrons. The summed E-state index contributed by atoms with van der Waals surface area (Å²) in [5.74, 6) is 0.987. The average molecular weight is 519 g/mol. The fourth-order valence-corrected chi connectivity index (χ4v) is 6.52. The molecule has 37 heavy (non-hydrogen) atoms. The molecule has 8 nitrogen and oxygen atoms in total. The lowest BCUT2D eigenvalue weighted by atomic mass is 9.99. The molecule has 0 N–H and O–H groups in total. The van der Waals surface area contributed by atoms with Crippen molar-refractivity contribution >= 4 is 28.7 Å². The SMILES string of the molecule is O=CC1CCN(c2nnc(-c3ccc(-c4cnc(N5CCC(OC6CCCC6)CC5)nc4)cc3)s2)CC1. The number of ether oxygens (including phenoxy) is 1. The molecule has 1 aliphatic carbocycles. The van der Waals surface area contributed by atoms with Crippen LogP contribution in [-0.4, -0.2) is 64.8 Å². The standard InChI is InChI=1S/C28H34N6O2S/c35-19-20-9-13-34(14-10-20)28-32-31-26(37-28)22-7-5-21(6-8-22)23-17-29-27(30-18-23)33-15-11-25(12-16-33)36-24-3-1-2-4-24/h5-8,17-20,24-25H,1-4,9-16H2. The molecule has 3 aromatic rings. The molecule has 194 valence electrons. The number of piperidine rings is 2. The maximum absolute atomic E-state index is 11.0. The molecule has 4 heterocycles. The lowest BCUT2D eigenvalue weighted by molar-refractivity contribution is -0.111. The molecular formula is C28H34N6O2S. The molecule has 0 atom stereocenters. The van der Waals surface area contributed by atoms with Crippen LogP contribution in [0, 0.1) is 5.92 Å². The predicted molar refractivity (Wildman–Crippen MR) is 146 cm³/mol. The van der Waals surface area contributed by atoms with Gasteiger partial charge in [-0.2, -0.15) is 0 Å². The topological polar surface area (TPSA) is 84.3 Å². The van der Waals surface area contributed by atoms with Crippen LogP contribution in [-0.2, 0) is 9.53 Å². The summed E-state index contributed by atoms with van der Waals surface area (Å²) in [6, 6.07) is 8.36. The molecule has 2 saturated heterocycles. The lowest BCUT2D eigenvalue weighted by Gasteiger charge is -2.33. The monoisotopic (exact) mass is 518 g/mol. The van der Waals surface area contributed by atoms with E-state index in [1.807, 2.05) is 12.4 Å². The molecule has 6 rings (SSSR count). The summed E-state index contributed by atoms with van der Waals surface area (Å²) in [5.41, 5.74) is 3.14. The van der Waals surface area contributed by atoms with Gasteiger partial charge in [0, 0.05) is 55.6 Å². The summed E-state index contributed by atoms with van der Waals surface area (Å²) in [6.07, 6.45) is 14.8. The maximum Gasteiger partial charge on any atom is 0.225 e. The number of benzene rings is 1. The number of hydrogen-bond donors (Lipinski definition) is 0. The first kappa shape index (κ1) is 24.4. The third-order valence-electron chi connectivity index (χ3n) is 7.93. The van der Waals surface area contributed by atoms with Crippen LogP contribution in [0.4, 0.5) is 11.1 Å². The second-order valence-corrected chi connectivity index (χ2v) is 11.4. The van der Waals surface area contributed by atoms with Gasteiger partial charge >= 0.3 is 0 Å². The van der Waals surface area contributed by atoms with Gasteiger partial charge in [-0.25, -0.2) is 9.97 Å². The highest BCUT2D eigenvalue weighted by Crippen LogP contribution is 2.32. The minimum atomic E-state index is 0.183. The van der Waals surface area contributed by atoms with E-state index in [-0.39, 0.29) is 5.92 Å². The molecule has 0 amide bonds. The van der Waals surface area contributed by atoms with Crippen LogP contribution in [0.15, 0.2) is 36.7 Å². The Hall–Kier alpha value is -2.91. The Morgan fingerprint density at radius 2 is 1.38 bits per heavy atom. The number of anilines is 2. The molecule has 9 heteroatoms. The van der Waals surface area contributed by atoms with E-state index in [0.29, 0.717) is 12.2 Å². The van der Waals surface area contributed by atoms with E-state index in [2.05, 4.69) is 54.2 Å². The van der Waals surface area contributed by atoms with Gasteiger partial charge in [0.2, 0.25) is 11.1 Å². The molecule has 0 bridgehead atoms. The zero-order valence-electron chi connectivity index (χ0n) is 21.2. The predicted octanol–water partition coefficient (Wildman–Crippen LogP) is 5.01. The van der Waals surface area contributed by atoms with E-state index in [1.54, 1.807) is 11.3 Å². The Labute approximate surface area is 222 Å². The number of carbonyl (C=O) groups is 1. The first-order chi connectivity index (χ1) is 18.2. The van der Waals surface area contributed by atoms with Crippen molar-refractivity contribution in [1.82, 2.24) is 20.2 Å². The van der Waals surface area contributed by atoms with Gasteiger partial charge < -0.3 is 19.3 Å². The number of aromatic nitrogens is 4. The Kier molecular flexibility index (Phi) is 7.41. The Morgan fingerprint density at radius 3 is 2.05 bits per heavy atom. The molecule has 0 unspecified atom stereocenters. The number of carbonyl (C=O) groups excluding carboxylic acids is 1. The largest absolute Gasteiger partial charge is 0.375 e. The van der Waals surface area contributed by atoms with Gasteiger partial charge in [0.15, 0.2) is 0 Å². The summed E-state index contributed by atoms with van der Waals surface area (Å²) in [4.78, 5) is 24.9. The molecule has 2 aliphatic heterocycles. The summed E-state index contributed by atoms with van der Waals surface area (Å²) >= 11 is 1.61. The molecular weight excluding hydrogens is 484 g/mol. The molecule has 2 aromatic heterocycles. The van der Waals surface area contributed by atoms with Crippen LogP contribution in [0.5, 0.6) is 0 Å². The Morgan fingerprint density at radius 1 is 0.757 bits per heavy atom. The van der Waals surface area contributed by atoms with Crippen molar-refractivity contribution < 1.29 is 9.53 Å². The van der Waals surface area contributed by atoms with Crippen molar-refractivity contribution in [3.8, 4) is 21.7 Å². The third kappa shape index (κ3) is 5.67. The lowest BCUT2D eigenvalue weighted by Crippen LogP contribution is -2.39. The fraction of sp³-hybridized carbons (Fsp3) is 0.536. The molecule has 0 spiro atoms. The number of aldehydes is 1. The van der Waals surface area contributed by atoms with Crippen molar-refractivity contribution in [2.75, 3.05) is 36.0 Å². The summed E-state index contributed by atoms with van der Waals surface area (Å²) < 4.78 is 6.31. The van der Waals surface area contributed by atoms with Crippen LogP contribution in [0.25, 0.3) is 21.7 Å². The van der Waals surface area contributed by atoms with Crippen molar-refractivity contribution in [2.45, 2.75) is 63.6 Å². The highest BCUT2D eigenvalue weighted by Gasteiger charge is 2.26. The average Bonchev–Trinajstić information content (AvgIpc) is 3.67. The smallest absolute Gasteiger partial charge is 0.225 e. The van der Waals surface area contributed by atoms with Gasteiger partial charge in [0.25, 0.3) is 0 Å². The molecule has 3 fully saturated rings. The van der Waals surface area contributed by atoms with Gasteiger partial charge in [-0.15, -0.1) is 10.2 Å². The molecule has 1 saturated carbocycles. The molecule has 3 aliphatic rings. The second-order valence-electron chi connectivity index (χ2n) is 10.4. The van der Waals surface area contributed by atoms with Crippen LogP contribution in [0.2, 0.25) is 0 Å². The Balaban J connectivity index is 1.04. The van der Waals surface area contributed by atoms with Gasteiger partial charge in [0.1, 0.15) is 11.3 Å². The van der Waals surface area contributed by atoms with Crippen LogP contribution in [0.1, 0.15) is 51.4 Å². The van der Waals surface area contributed by atoms with Gasteiger partial charge in [-0.3, -0.25) is 0 Å². The number of nitrogens with zero attached hydrogens (tertiary/aromatic N) is 6. The zero-order chi connectivity index (χ0) is 25.0. The zero-order valence-corrected chi connectivity index (χ0v) is 22.0. The number of rotatable bonds is 7. The van der Waals surface area contributed by atoms with Crippen LogP contribution in [0.3, 0.4) is 0 Å². The summed E-state index contributed by atoms with van der Waals surface area (Å²) in [6.45, 7) is 3.62. The highest BCUT2D eigenvalue weighted by atomic mass is 32.1. The van der Waals surface area contributed by atoms with E-state index in [4.69, 9.17) is 4.74 Å². The fourth-order valence-electron chi connectivity index (χ4n) is 5.61. The van der Waals surface area contributed by atoms with E-state index < -0.39 is 0 Å². The van der Waals surface area contributed by atoms with Crippen molar-refractivity contribution in [3.05, 3.63) is 36.7 Å². The first-order valence-corrected chi connectivity index (χ1v) is 14.4. The van der Waals surface area contributed by atoms with Gasteiger partial charge in [-0.05, 0) is 44.1 Å². The van der Waals surface area contributed by atoms with E-state index in [9.17, 15) is 4.79 Å². The summed E-state index contributed by atoms with van der Waals surface area (Å²) in [7, 11) is 0. The normalized spacial score (nSPS) is 20.0. The van der Waals surface area contributed by atoms with Crippen molar-refractivity contribution in [2.24, 2.45) is 5.92 Å². The van der Waals surface area contributed by atoms with Gasteiger partial charge in [-0.1, -0.05) is 48.4 Å².